The number of carbonyl (C=O) groups excluding carboxylic acids is 1. The van der Waals surface area contributed by atoms with Gasteiger partial charge in [-0.2, -0.15) is 0 Å². The van der Waals surface area contributed by atoms with Crippen LogP contribution in [-0.4, -0.2) is 5.91 Å². The lowest BCUT2D eigenvalue weighted by molar-refractivity contribution is 0.100. The average Bonchev–Trinajstić information content (AvgIpc) is 2.34. The van der Waals surface area contributed by atoms with E-state index in [-0.39, 0.29) is 0 Å². The van der Waals surface area contributed by atoms with Crippen LogP contribution in [0, 0.1) is 0 Å². The molecule has 18 heavy (non-hydrogen) atoms. The number of rotatable bonds is 3. The monoisotopic (exact) mass is 262 g/mol. The van der Waals surface area contributed by atoms with Crippen LogP contribution >= 0.6 is 11.6 Å². The molecule has 0 radical (unpaired) electrons. The molecule has 0 aliphatic rings. The molecular formula is C13H11ClN2O2. The lowest BCUT2D eigenvalue weighted by atomic mass is 10.2. The minimum Gasteiger partial charge on any atom is -0.454 e. The number of ether oxygens (including phenoxy) is 1. The van der Waals surface area contributed by atoms with Crippen molar-refractivity contribution in [3.05, 3.63) is 53.1 Å². The third-order valence-electron chi connectivity index (χ3n) is 2.36. The largest absolute Gasteiger partial charge is 0.454 e. The van der Waals surface area contributed by atoms with Crippen LogP contribution in [0.25, 0.3) is 0 Å². The molecule has 4 N–H and O–H groups in total. The van der Waals surface area contributed by atoms with Crippen molar-refractivity contribution in [1.82, 2.24) is 0 Å². The smallest absolute Gasteiger partial charge is 0.248 e. The second-order valence-corrected chi connectivity index (χ2v) is 4.06. The summed E-state index contributed by atoms with van der Waals surface area (Å²) in [5, 5.41) is 0.301. The van der Waals surface area contributed by atoms with E-state index in [9.17, 15) is 4.79 Å². The van der Waals surface area contributed by atoms with Crippen molar-refractivity contribution in [2.24, 2.45) is 5.73 Å². The normalized spacial score (nSPS) is 10.1. The fraction of sp³-hybridized carbons (Fsp3) is 0. The number of anilines is 1. The SMILES string of the molecule is NC(=O)c1ccc(Oc2ccccc2N)c(Cl)c1. The number of para-hydroxylation sites is 2. The third-order valence-corrected chi connectivity index (χ3v) is 2.65. The highest BCUT2D eigenvalue weighted by Crippen LogP contribution is 2.32. The maximum atomic E-state index is 11.0. The molecule has 0 aliphatic carbocycles. The quantitative estimate of drug-likeness (QED) is 0.835. The van der Waals surface area contributed by atoms with Gasteiger partial charge in [0.25, 0.3) is 0 Å². The van der Waals surface area contributed by atoms with Crippen LogP contribution in [0.15, 0.2) is 42.5 Å². The number of amides is 1. The van der Waals surface area contributed by atoms with Gasteiger partial charge in [-0.25, -0.2) is 0 Å². The Kier molecular flexibility index (Phi) is 3.39. The van der Waals surface area contributed by atoms with Crippen molar-refractivity contribution < 1.29 is 9.53 Å². The predicted molar refractivity (Wildman–Crippen MR) is 70.9 cm³/mol. The molecule has 1 amide bonds. The van der Waals surface area contributed by atoms with E-state index in [0.717, 1.165) is 0 Å². The summed E-state index contributed by atoms with van der Waals surface area (Å²) < 4.78 is 5.57. The molecule has 2 aromatic carbocycles. The van der Waals surface area contributed by atoms with E-state index in [1.807, 2.05) is 0 Å². The Balaban J connectivity index is 2.30. The lowest BCUT2D eigenvalue weighted by Crippen LogP contribution is -2.10. The fourth-order valence-corrected chi connectivity index (χ4v) is 1.65. The summed E-state index contributed by atoms with van der Waals surface area (Å²) in [6, 6.07) is 11.6. The van der Waals surface area contributed by atoms with E-state index in [1.54, 1.807) is 36.4 Å². The minimum atomic E-state index is -0.539. The molecule has 92 valence electrons. The van der Waals surface area contributed by atoms with Gasteiger partial charge in [0, 0.05) is 5.56 Å². The van der Waals surface area contributed by atoms with Crippen LogP contribution in [0.3, 0.4) is 0 Å². The fourth-order valence-electron chi connectivity index (χ4n) is 1.43. The molecule has 0 fully saturated rings. The summed E-state index contributed by atoms with van der Waals surface area (Å²) in [4.78, 5) is 11.0. The van der Waals surface area contributed by atoms with Crippen LogP contribution in [0.1, 0.15) is 10.4 Å². The first kappa shape index (κ1) is 12.3. The summed E-state index contributed by atoms with van der Waals surface area (Å²) in [7, 11) is 0. The van der Waals surface area contributed by atoms with Crippen LogP contribution in [0.4, 0.5) is 5.69 Å². The van der Waals surface area contributed by atoms with E-state index in [1.165, 1.54) is 6.07 Å². The first-order valence-electron chi connectivity index (χ1n) is 5.19. The molecule has 2 rings (SSSR count). The van der Waals surface area contributed by atoms with Crippen molar-refractivity contribution in [3.63, 3.8) is 0 Å². The van der Waals surface area contributed by atoms with Gasteiger partial charge < -0.3 is 16.2 Å². The Bertz CT molecular complexity index is 599. The minimum absolute atomic E-state index is 0.301. The van der Waals surface area contributed by atoms with E-state index in [0.29, 0.717) is 27.8 Å². The molecule has 0 saturated carbocycles. The average molecular weight is 263 g/mol. The van der Waals surface area contributed by atoms with E-state index in [4.69, 9.17) is 27.8 Å². The number of hydrogen-bond donors (Lipinski definition) is 2. The van der Waals surface area contributed by atoms with Crippen molar-refractivity contribution >= 4 is 23.2 Å². The lowest BCUT2D eigenvalue weighted by Gasteiger charge is -2.10. The third kappa shape index (κ3) is 2.55. The van der Waals surface area contributed by atoms with Crippen molar-refractivity contribution in [2.75, 3.05) is 5.73 Å². The standard InChI is InChI=1S/C13H11ClN2O2/c14-9-7-8(13(16)17)5-6-11(9)18-12-4-2-1-3-10(12)15/h1-7H,15H2,(H2,16,17). The molecule has 0 aliphatic heterocycles. The molecule has 0 spiro atoms. The summed E-state index contributed by atoms with van der Waals surface area (Å²) >= 11 is 6.00. The van der Waals surface area contributed by atoms with Gasteiger partial charge in [-0.3, -0.25) is 4.79 Å². The van der Waals surface area contributed by atoms with Gasteiger partial charge in [0.1, 0.15) is 11.5 Å². The number of halogens is 1. The van der Waals surface area contributed by atoms with Crippen molar-refractivity contribution in [2.45, 2.75) is 0 Å². The maximum Gasteiger partial charge on any atom is 0.248 e. The number of hydrogen-bond acceptors (Lipinski definition) is 3. The van der Waals surface area contributed by atoms with Gasteiger partial charge in [-0.15, -0.1) is 0 Å². The van der Waals surface area contributed by atoms with Gasteiger partial charge >= 0.3 is 0 Å². The van der Waals surface area contributed by atoms with E-state index in [2.05, 4.69) is 0 Å². The Morgan fingerprint density at radius 3 is 2.44 bits per heavy atom. The highest BCUT2D eigenvalue weighted by atomic mass is 35.5. The van der Waals surface area contributed by atoms with E-state index < -0.39 is 5.91 Å². The van der Waals surface area contributed by atoms with Crippen LogP contribution < -0.4 is 16.2 Å². The first-order valence-corrected chi connectivity index (χ1v) is 5.57. The number of nitrogen functional groups attached to an aromatic ring is 1. The van der Waals surface area contributed by atoms with Crippen molar-refractivity contribution in [1.29, 1.82) is 0 Å². The second-order valence-electron chi connectivity index (χ2n) is 3.65. The molecule has 0 heterocycles. The maximum absolute atomic E-state index is 11.0. The summed E-state index contributed by atoms with van der Waals surface area (Å²) in [6.07, 6.45) is 0. The number of benzene rings is 2. The predicted octanol–water partition coefficient (Wildman–Crippen LogP) is 2.81. The molecule has 0 unspecified atom stereocenters. The zero-order valence-electron chi connectivity index (χ0n) is 9.39. The number of primary amides is 1. The summed E-state index contributed by atoms with van der Waals surface area (Å²) in [5.74, 6) is 0.383. The van der Waals surface area contributed by atoms with Gasteiger partial charge in [0.15, 0.2) is 0 Å². The molecule has 0 atom stereocenters. The van der Waals surface area contributed by atoms with E-state index >= 15 is 0 Å². The summed E-state index contributed by atoms with van der Waals surface area (Å²) in [5.41, 5.74) is 11.7. The van der Waals surface area contributed by atoms with Gasteiger partial charge in [0.2, 0.25) is 5.91 Å². The first-order chi connectivity index (χ1) is 8.58. The Morgan fingerprint density at radius 1 is 1.11 bits per heavy atom. The highest BCUT2D eigenvalue weighted by molar-refractivity contribution is 6.32. The Morgan fingerprint density at radius 2 is 1.83 bits per heavy atom. The topological polar surface area (TPSA) is 78.3 Å². The van der Waals surface area contributed by atoms with Crippen LogP contribution in [-0.2, 0) is 0 Å². The van der Waals surface area contributed by atoms with Crippen LogP contribution in [0.2, 0.25) is 5.02 Å². The molecule has 2 aromatic rings. The Labute approximate surface area is 109 Å². The number of nitrogens with two attached hydrogens (primary N) is 2. The molecule has 5 heteroatoms. The van der Waals surface area contributed by atoms with Gasteiger partial charge in [0.05, 0.1) is 10.7 Å². The van der Waals surface area contributed by atoms with Gasteiger partial charge in [-0.1, -0.05) is 23.7 Å². The van der Waals surface area contributed by atoms with Gasteiger partial charge in [-0.05, 0) is 30.3 Å². The molecule has 0 saturated heterocycles. The highest BCUT2D eigenvalue weighted by Gasteiger charge is 2.08. The zero-order chi connectivity index (χ0) is 13.1. The molecular weight excluding hydrogens is 252 g/mol. The molecule has 4 nitrogen and oxygen atoms in total. The zero-order valence-corrected chi connectivity index (χ0v) is 10.1. The number of carbonyl (C=O) groups is 1. The molecule has 0 aromatic heterocycles. The second kappa shape index (κ2) is 4.98. The van der Waals surface area contributed by atoms with Crippen molar-refractivity contribution in [3.8, 4) is 11.5 Å². The van der Waals surface area contributed by atoms with Crippen LogP contribution in [0.5, 0.6) is 11.5 Å². The molecule has 0 bridgehead atoms. The summed E-state index contributed by atoms with van der Waals surface area (Å²) in [6.45, 7) is 0. The Hall–Kier alpha value is -2.20.